The molecule has 0 radical (unpaired) electrons. The molecule has 0 heterocycles. The lowest BCUT2D eigenvalue weighted by Crippen LogP contribution is -2.32. The first kappa shape index (κ1) is 26.8. The number of hydrogen-bond acceptors (Lipinski definition) is 5. The minimum Gasteiger partial charge on any atom is -0.488 e. The zero-order valence-corrected chi connectivity index (χ0v) is 19.9. The average Bonchev–Trinajstić information content (AvgIpc) is 2.88. The summed E-state index contributed by atoms with van der Waals surface area (Å²) in [6.07, 6.45) is -1.51. The average molecular weight is 498 g/mol. The highest BCUT2D eigenvalue weighted by Gasteiger charge is 2.29. The monoisotopic (exact) mass is 497 g/mol. The SMILES string of the molecule is CCO[C@H](C(=O)NCc1ccc(C(=N)N)cc1)c1c(F)ccc(OCCOCc2ccccc2)c1F. The van der Waals surface area contributed by atoms with Gasteiger partial charge in [0.05, 0.1) is 18.8 Å². The van der Waals surface area contributed by atoms with E-state index in [0.29, 0.717) is 12.2 Å². The Morgan fingerprint density at radius 2 is 1.72 bits per heavy atom. The van der Waals surface area contributed by atoms with Crippen LogP contribution in [-0.2, 0) is 27.4 Å². The van der Waals surface area contributed by atoms with Gasteiger partial charge in [0.1, 0.15) is 18.3 Å². The van der Waals surface area contributed by atoms with Gasteiger partial charge in [-0.3, -0.25) is 10.2 Å². The smallest absolute Gasteiger partial charge is 0.254 e. The summed E-state index contributed by atoms with van der Waals surface area (Å²) in [5, 5.41) is 10.1. The fraction of sp³-hybridized carbons (Fsp3) is 0.259. The summed E-state index contributed by atoms with van der Waals surface area (Å²) in [6.45, 7) is 2.39. The van der Waals surface area contributed by atoms with Crippen LogP contribution >= 0.6 is 0 Å². The van der Waals surface area contributed by atoms with E-state index in [1.165, 1.54) is 6.07 Å². The number of carbonyl (C=O) groups is 1. The number of nitrogens with two attached hydrogens (primary N) is 1. The number of amides is 1. The number of rotatable bonds is 13. The van der Waals surface area contributed by atoms with Gasteiger partial charge >= 0.3 is 0 Å². The Morgan fingerprint density at radius 1 is 1.00 bits per heavy atom. The minimum absolute atomic E-state index is 0.0383. The number of carbonyl (C=O) groups excluding carboxylic acids is 1. The van der Waals surface area contributed by atoms with Crippen LogP contribution in [0.1, 0.15) is 35.3 Å². The van der Waals surface area contributed by atoms with Crippen molar-refractivity contribution in [3.05, 3.63) is 101 Å². The molecule has 0 saturated heterocycles. The maximum Gasteiger partial charge on any atom is 0.254 e. The quantitative estimate of drug-likeness (QED) is 0.186. The Kier molecular flexibility index (Phi) is 9.91. The second-order valence-corrected chi connectivity index (χ2v) is 7.82. The van der Waals surface area contributed by atoms with Crippen molar-refractivity contribution >= 4 is 11.7 Å². The lowest BCUT2D eigenvalue weighted by Gasteiger charge is -2.20. The van der Waals surface area contributed by atoms with Crippen molar-refractivity contribution in [3.63, 3.8) is 0 Å². The van der Waals surface area contributed by atoms with Gasteiger partial charge in [-0.15, -0.1) is 0 Å². The van der Waals surface area contributed by atoms with Crippen molar-refractivity contribution in [2.45, 2.75) is 26.2 Å². The first-order valence-corrected chi connectivity index (χ1v) is 11.5. The second kappa shape index (κ2) is 13.3. The van der Waals surface area contributed by atoms with Crippen LogP contribution in [0.2, 0.25) is 0 Å². The third kappa shape index (κ3) is 7.34. The predicted octanol–water partition coefficient (Wildman–Crippen LogP) is 4.24. The Balaban J connectivity index is 1.63. The summed E-state index contributed by atoms with van der Waals surface area (Å²) in [6, 6.07) is 18.5. The summed E-state index contributed by atoms with van der Waals surface area (Å²) < 4.78 is 46.3. The molecule has 0 spiro atoms. The van der Waals surface area contributed by atoms with Crippen molar-refractivity contribution in [1.82, 2.24) is 5.32 Å². The lowest BCUT2D eigenvalue weighted by molar-refractivity contribution is -0.133. The molecule has 0 aliphatic carbocycles. The van der Waals surface area contributed by atoms with Gasteiger partial charge in [-0.2, -0.15) is 0 Å². The molecule has 0 saturated carbocycles. The molecule has 1 atom stereocenters. The van der Waals surface area contributed by atoms with Gasteiger partial charge in [0.25, 0.3) is 5.91 Å². The molecule has 0 aromatic heterocycles. The van der Waals surface area contributed by atoms with E-state index in [4.69, 9.17) is 25.4 Å². The van der Waals surface area contributed by atoms with Crippen LogP contribution < -0.4 is 15.8 Å². The van der Waals surface area contributed by atoms with Crippen LogP contribution in [0.25, 0.3) is 0 Å². The summed E-state index contributed by atoms with van der Waals surface area (Å²) in [5.74, 6) is -2.89. The largest absolute Gasteiger partial charge is 0.488 e. The van der Waals surface area contributed by atoms with Crippen molar-refractivity contribution < 1.29 is 27.8 Å². The second-order valence-electron chi connectivity index (χ2n) is 7.82. The topological polar surface area (TPSA) is 107 Å². The fourth-order valence-corrected chi connectivity index (χ4v) is 3.42. The molecule has 0 aliphatic heterocycles. The summed E-state index contributed by atoms with van der Waals surface area (Å²) in [4.78, 5) is 12.8. The highest BCUT2D eigenvalue weighted by Crippen LogP contribution is 2.30. The number of amidine groups is 1. The normalized spacial score (nSPS) is 11.6. The van der Waals surface area contributed by atoms with Crippen molar-refractivity contribution in [1.29, 1.82) is 5.41 Å². The number of nitrogen functional groups attached to an aromatic ring is 1. The molecule has 36 heavy (non-hydrogen) atoms. The van der Waals surface area contributed by atoms with Crippen LogP contribution in [0.4, 0.5) is 8.78 Å². The summed E-state index contributed by atoms with van der Waals surface area (Å²) in [7, 11) is 0. The van der Waals surface area contributed by atoms with E-state index < -0.39 is 29.2 Å². The van der Waals surface area contributed by atoms with Crippen molar-refractivity contribution in [2.24, 2.45) is 5.73 Å². The van der Waals surface area contributed by atoms with E-state index >= 15 is 4.39 Å². The van der Waals surface area contributed by atoms with Crippen LogP contribution in [0, 0.1) is 17.0 Å². The van der Waals surface area contributed by atoms with Gasteiger partial charge in [-0.25, -0.2) is 8.78 Å². The predicted molar refractivity (Wildman–Crippen MR) is 132 cm³/mol. The van der Waals surface area contributed by atoms with E-state index in [1.54, 1.807) is 31.2 Å². The summed E-state index contributed by atoms with van der Waals surface area (Å²) >= 11 is 0. The van der Waals surface area contributed by atoms with E-state index in [1.807, 2.05) is 30.3 Å². The molecule has 7 nitrogen and oxygen atoms in total. The minimum atomic E-state index is -1.51. The van der Waals surface area contributed by atoms with Gasteiger partial charge in [0, 0.05) is 18.7 Å². The van der Waals surface area contributed by atoms with Crippen LogP contribution in [0.3, 0.4) is 0 Å². The zero-order chi connectivity index (χ0) is 25.9. The number of ether oxygens (including phenoxy) is 3. The number of halogens is 2. The Labute approximate surface area is 208 Å². The molecule has 0 unspecified atom stereocenters. The standard InChI is InChI=1S/C27H29F2N3O4/c1-2-35-25(27(33)32-16-18-8-10-20(11-9-18)26(30)31)23-21(28)12-13-22(24(23)29)36-15-14-34-17-19-6-4-3-5-7-19/h3-13,25H,2,14-17H2,1H3,(H3,30,31)(H,32,33)/t25-/m0/s1. The molecule has 3 rings (SSSR count). The van der Waals surface area contributed by atoms with E-state index in [9.17, 15) is 9.18 Å². The Morgan fingerprint density at radius 3 is 2.39 bits per heavy atom. The van der Waals surface area contributed by atoms with Gasteiger partial charge in [0.2, 0.25) is 0 Å². The summed E-state index contributed by atoms with van der Waals surface area (Å²) in [5.41, 5.74) is 7.18. The molecule has 0 aliphatic rings. The van der Waals surface area contributed by atoms with Gasteiger partial charge in [-0.1, -0.05) is 54.6 Å². The molecule has 0 bridgehead atoms. The van der Waals surface area contributed by atoms with Gasteiger partial charge < -0.3 is 25.3 Å². The zero-order valence-electron chi connectivity index (χ0n) is 19.9. The highest BCUT2D eigenvalue weighted by molar-refractivity contribution is 5.94. The molecule has 0 fully saturated rings. The molecule has 4 N–H and O–H groups in total. The molecule has 9 heteroatoms. The van der Waals surface area contributed by atoms with E-state index in [2.05, 4.69) is 5.32 Å². The maximum atomic E-state index is 15.2. The molecule has 1 amide bonds. The highest BCUT2D eigenvalue weighted by atomic mass is 19.1. The molecule has 3 aromatic carbocycles. The Hall–Kier alpha value is -3.82. The van der Waals surface area contributed by atoms with E-state index in [0.717, 1.165) is 17.2 Å². The van der Waals surface area contributed by atoms with Crippen LogP contribution in [0.15, 0.2) is 66.7 Å². The molecular weight excluding hydrogens is 468 g/mol. The van der Waals surface area contributed by atoms with Crippen LogP contribution in [0.5, 0.6) is 5.75 Å². The van der Waals surface area contributed by atoms with Crippen LogP contribution in [-0.4, -0.2) is 31.6 Å². The third-order valence-electron chi connectivity index (χ3n) is 5.25. The number of hydrogen-bond donors (Lipinski definition) is 3. The lowest BCUT2D eigenvalue weighted by atomic mass is 10.1. The Bertz CT molecular complexity index is 1160. The maximum absolute atomic E-state index is 15.2. The first-order valence-electron chi connectivity index (χ1n) is 11.5. The molecular formula is C27H29F2N3O4. The molecule has 3 aromatic rings. The third-order valence-corrected chi connectivity index (χ3v) is 5.25. The van der Waals surface area contributed by atoms with Crippen molar-refractivity contribution in [3.8, 4) is 5.75 Å². The van der Waals surface area contributed by atoms with Gasteiger partial charge in [0.15, 0.2) is 17.7 Å². The number of nitrogens with one attached hydrogen (secondary N) is 2. The first-order chi connectivity index (χ1) is 17.4. The molecule has 190 valence electrons. The fourth-order valence-electron chi connectivity index (χ4n) is 3.42. The van der Waals surface area contributed by atoms with E-state index in [-0.39, 0.29) is 38.0 Å². The van der Waals surface area contributed by atoms with Crippen molar-refractivity contribution in [2.75, 3.05) is 19.8 Å². The number of benzene rings is 3. The van der Waals surface area contributed by atoms with Gasteiger partial charge in [-0.05, 0) is 30.2 Å².